The van der Waals surface area contributed by atoms with E-state index < -0.39 is 29.1 Å². The van der Waals surface area contributed by atoms with E-state index in [1.165, 1.54) is 0 Å². The van der Waals surface area contributed by atoms with E-state index in [2.05, 4.69) is 6.92 Å². The highest BCUT2D eigenvalue weighted by Gasteiger charge is 2.60. The maximum Gasteiger partial charge on any atom is 0.419 e. The van der Waals surface area contributed by atoms with Gasteiger partial charge < -0.3 is 5.11 Å². The molecule has 2 saturated carbocycles. The number of hydrogen-bond acceptors (Lipinski definition) is 2. The number of Topliss-reactive ketones (excluding diaryl/α,β-unsaturated/α-hetero) is 1. The molecule has 27 heavy (non-hydrogen) atoms. The first kappa shape index (κ1) is 19.5. The molecule has 4 aliphatic carbocycles. The topological polar surface area (TPSA) is 37.3 Å². The zero-order chi connectivity index (χ0) is 19.8. The molecule has 4 aliphatic rings. The molecule has 4 rings (SSSR count). The summed E-state index contributed by atoms with van der Waals surface area (Å²) in [6.07, 6.45) is 0.399. The number of carbonyl (C=O) groups excluding carboxylic acids is 1. The highest BCUT2D eigenvalue weighted by Crippen LogP contribution is 2.65. The number of allylic oxidation sites excluding steroid dienone is 3. The van der Waals surface area contributed by atoms with Gasteiger partial charge in [-0.2, -0.15) is 13.2 Å². The lowest BCUT2D eigenvalue weighted by Crippen LogP contribution is -2.55. The van der Waals surface area contributed by atoms with E-state index in [0.717, 1.165) is 19.3 Å². The second kappa shape index (κ2) is 6.09. The summed E-state index contributed by atoms with van der Waals surface area (Å²) in [4.78, 5) is 12.1. The van der Waals surface area contributed by atoms with Crippen LogP contribution in [0.2, 0.25) is 0 Å². The molecule has 0 heterocycles. The van der Waals surface area contributed by atoms with Gasteiger partial charge in [0, 0.05) is 16.9 Å². The van der Waals surface area contributed by atoms with Crippen molar-refractivity contribution in [2.45, 2.75) is 71.1 Å². The normalized spacial score (nSPS) is 45.0. The van der Waals surface area contributed by atoms with Crippen molar-refractivity contribution in [1.82, 2.24) is 0 Å². The Morgan fingerprint density at radius 1 is 1.15 bits per heavy atom. The van der Waals surface area contributed by atoms with E-state index in [1.54, 1.807) is 0 Å². The molecule has 0 aromatic heterocycles. The van der Waals surface area contributed by atoms with Gasteiger partial charge in [0.25, 0.3) is 0 Å². The molecule has 0 amide bonds. The van der Waals surface area contributed by atoms with E-state index in [0.29, 0.717) is 29.9 Å². The highest BCUT2D eigenvalue weighted by molar-refractivity contribution is 6.30. The minimum Gasteiger partial charge on any atom is -0.387 e. The molecular formula is C21H26ClF3O2. The Kier molecular flexibility index (Phi) is 4.40. The molecule has 150 valence electrons. The van der Waals surface area contributed by atoms with Gasteiger partial charge in [0.05, 0.1) is 11.7 Å². The number of aliphatic hydroxyl groups is 1. The van der Waals surface area contributed by atoms with Crippen LogP contribution in [0.3, 0.4) is 0 Å². The summed E-state index contributed by atoms with van der Waals surface area (Å²) in [5.41, 5.74) is -1.41. The second-order valence-electron chi connectivity index (χ2n) is 9.38. The predicted molar refractivity (Wildman–Crippen MR) is 97.0 cm³/mol. The third kappa shape index (κ3) is 2.67. The van der Waals surface area contributed by atoms with Crippen LogP contribution in [0.15, 0.2) is 22.3 Å². The lowest BCUT2D eigenvalue weighted by molar-refractivity contribution is -0.137. The van der Waals surface area contributed by atoms with Crippen LogP contribution in [-0.4, -0.2) is 23.2 Å². The van der Waals surface area contributed by atoms with E-state index in [1.807, 2.05) is 13.0 Å². The van der Waals surface area contributed by atoms with Crippen molar-refractivity contribution < 1.29 is 23.1 Å². The summed E-state index contributed by atoms with van der Waals surface area (Å²) in [7, 11) is 0. The average Bonchev–Trinajstić information content (AvgIpc) is 2.58. The van der Waals surface area contributed by atoms with Crippen LogP contribution in [0.4, 0.5) is 13.2 Å². The van der Waals surface area contributed by atoms with E-state index in [9.17, 15) is 23.1 Å². The molecule has 0 aliphatic heterocycles. The molecule has 0 aromatic carbocycles. The molecule has 2 fully saturated rings. The Hall–Kier alpha value is -0.810. The number of rotatable bonds is 0. The summed E-state index contributed by atoms with van der Waals surface area (Å²) in [5, 5.41) is 11.2. The Morgan fingerprint density at radius 2 is 1.85 bits per heavy atom. The fraction of sp³-hybridized carbons (Fsp3) is 0.762. The maximum atomic E-state index is 13.6. The lowest BCUT2D eigenvalue weighted by Gasteiger charge is -2.60. The van der Waals surface area contributed by atoms with Crippen LogP contribution in [0.5, 0.6) is 0 Å². The number of halogens is 4. The van der Waals surface area contributed by atoms with E-state index >= 15 is 0 Å². The largest absolute Gasteiger partial charge is 0.419 e. The van der Waals surface area contributed by atoms with Crippen LogP contribution in [0.25, 0.3) is 0 Å². The molecular weight excluding hydrogens is 377 g/mol. The van der Waals surface area contributed by atoms with Crippen LogP contribution in [0.1, 0.15) is 58.8 Å². The lowest BCUT2D eigenvalue weighted by atomic mass is 9.44. The van der Waals surface area contributed by atoms with Crippen molar-refractivity contribution in [2.24, 2.45) is 28.6 Å². The zero-order valence-corrected chi connectivity index (χ0v) is 16.5. The van der Waals surface area contributed by atoms with Crippen LogP contribution in [0, 0.1) is 28.6 Å². The Morgan fingerprint density at radius 3 is 2.52 bits per heavy atom. The summed E-state index contributed by atoms with van der Waals surface area (Å²) in [6.45, 7) is 4.02. The molecule has 6 atom stereocenters. The summed E-state index contributed by atoms with van der Waals surface area (Å²) in [6, 6.07) is 0. The van der Waals surface area contributed by atoms with Crippen LogP contribution < -0.4 is 0 Å². The van der Waals surface area contributed by atoms with Crippen molar-refractivity contribution in [2.75, 3.05) is 0 Å². The summed E-state index contributed by atoms with van der Waals surface area (Å²) in [5.74, 6) is -0.130. The molecule has 0 radical (unpaired) electrons. The predicted octanol–water partition coefficient (Wildman–Crippen LogP) is 5.54. The minimum absolute atomic E-state index is 0.0195. The average molecular weight is 403 g/mol. The number of alkyl halides is 3. The van der Waals surface area contributed by atoms with Crippen molar-refractivity contribution >= 4 is 17.4 Å². The fourth-order valence-corrected chi connectivity index (χ4v) is 7.18. The van der Waals surface area contributed by atoms with Crippen molar-refractivity contribution in [3.8, 4) is 0 Å². The highest BCUT2D eigenvalue weighted by atomic mass is 35.5. The molecule has 0 aromatic rings. The smallest absolute Gasteiger partial charge is 0.387 e. The summed E-state index contributed by atoms with van der Waals surface area (Å²) >= 11 is 6.22. The first-order valence-corrected chi connectivity index (χ1v) is 10.3. The van der Waals surface area contributed by atoms with Gasteiger partial charge in [-0.05, 0) is 67.3 Å². The molecule has 0 bridgehead atoms. The quantitative estimate of drug-likeness (QED) is 0.577. The monoisotopic (exact) mass is 402 g/mol. The van der Waals surface area contributed by atoms with Crippen LogP contribution >= 0.6 is 11.6 Å². The second-order valence-corrected chi connectivity index (χ2v) is 9.82. The number of ketones is 1. The molecule has 0 spiro atoms. The van der Waals surface area contributed by atoms with Crippen molar-refractivity contribution in [3.63, 3.8) is 0 Å². The number of hydrogen-bond donors (Lipinski definition) is 1. The van der Waals surface area contributed by atoms with Crippen LogP contribution in [-0.2, 0) is 4.79 Å². The summed E-state index contributed by atoms with van der Waals surface area (Å²) < 4.78 is 40.9. The molecule has 6 heteroatoms. The van der Waals surface area contributed by atoms with Gasteiger partial charge in [0.2, 0.25) is 0 Å². The van der Waals surface area contributed by atoms with E-state index in [-0.39, 0.29) is 29.6 Å². The molecule has 2 nitrogen and oxygen atoms in total. The Labute approximate surface area is 162 Å². The third-order valence-corrected chi connectivity index (χ3v) is 8.66. The molecule has 0 unspecified atom stereocenters. The maximum absolute atomic E-state index is 13.6. The first-order chi connectivity index (χ1) is 12.5. The van der Waals surface area contributed by atoms with Gasteiger partial charge in [-0.1, -0.05) is 31.5 Å². The standard InChI is InChI=1S/C21H26ClF3O2/c1-19-10-8-16(26)17(21(23,24)25)14(19)4-3-11-12-5-6-15(22)18(27)20(12,2)9-7-13(11)19/h6,11-13,18,27H,3-5,7-10H2,1-2H3/t11-,12-,13-,18-,19+,20-/m0/s1. The van der Waals surface area contributed by atoms with Gasteiger partial charge in [0.1, 0.15) is 0 Å². The van der Waals surface area contributed by atoms with Gasteiger partial charge in [-0.15, -0.1) is 0 Å². The molecule has 1 N–H and O–H groups in total. The van der Waals surface area contributed by atoms with Gasteiger partial charge in [-0.3, -0.25) is 4.79 Å². The SMILES string of the molecule is C[C@]12CC[C@H]3[C@@H](CCC4=C(C(F)(F)F)C(=O)CC[C@@]43C)[C@@H]1CC=C(Cl)[C@@H]2O. The zero-order valence-electron chi connectivity index (χ0n) is 15.7. The minimum atomic E-state index is -4.57. The Balaban J connectivity index is 1.76. The third-order valence-electron chi connectivity index (χ3n) is 8.30. The molecule has 0 saturated heterocycles. The number of aliphatic hydroxyl groups excluding tert-OH is 1. The number of carbonyl (C=O) groups is 1. The first-order valence-electron chi connectivity index (χ1n) is 9.88. The Bertz CT molecular complexity index is 740. The van der Waals surface area contributed by atoms with Crippen molar-refractivity contribution in [1.29, 1.82) is 0 Å². The van der Waals surface area contributed by atoms with Crippen molar-refractivity contribution in [3.05, 3.63) is 22.3 Å². The van der Waals surface area contributed by atoms with E-state index in [4.69, 9.17) is 11.6 Å². The van der Waals surface area contributed by atoms with Gasteiger partial charge in [-0.25, -0.2) is 0 Å². The number of fused-ring (bicyclic) bond motifs is 5. The van der Waals surface area contributed by atoms with Gasteiger partial charge in [0.15, 0.2) is 5.78 Å². The van der Waals surface area contributed by atoms with Gasteiger partial charge >= 0.3 is 6.18 Å². The fourth-order valence-electron chi connectivity index (χ4n) is 6.84.